The molecule has 0 unspecified atom stereocenters. The quantitative estimate of drug-likeness (QED) is 0.150. The number of ketones is 2. The van der Waals surface area contributed by atoms with Crippen molar-refractivity contribution in [3.63, 3.8) is 0 Å². The van der Waals surface area contributed by atoms with Gasteiger partial charge in [0.2, 0.25) is 6.54 Å². The zero-order valence-electron chi connectivity index (χ0n) is 30.1. The molecule has 0 amide bonds. The lowest BCUT2D eigenvalue weighted by atomic mass is 9.48. The summed E-state index contributed by atoms with van der Waals surface area (Å²) in [5.74, 6) is 4.89. The van der Waals surface area contributed by atoms with Crippen LogP contribution in [0.4, 0.5) is 0 Å². The first kappa shape index (κ1) is 41.6. The number of hydrogen-bond acceptors (Lipinski definition) is 6. The molecule has 6 fully saturated rings. The highest BCUT2D eigenvalue weighted by Gasteiger charge is 2.61. The number of fused-ring (bicyclic) bond motifs is 6. The van der Waals surface area contributed by atoms with Crippen LogP contribution in [-0.2, 0) is 19.1 Å². The van der Waals surface area contributed by atoms with Crippen LogP contribution < -0.4 is 0 Å². The number of hydrogen-bond donors (Lipinski definition) is 2. The maximum atomic E-state index is 12.7. The minimum absolute atomic E-state index is 0. The molecule has 0 bridgehead atoms. The lowest BCUT2D eigenvalue weighted by molar-refractivity contribution is -0.150. The summed E-state index contributed by atoms with van der Waals surface area (Å²) in [7, 11) is 0. The third kappa shape index (κ3) is 7.05. The maximum absolute atomic E-state index is 12.7. The van der Waals surface area contributed by atoms with Gasteiger partial charge in [0.1, 0.15) is 11.6 Å². The molecule has 0 radical (unpaired) electrons. The largest absolute Gasteiger partial charge is 0.468 e. The second kappa shape index (κ2) is 15.9. The molecule has 7 heteroatoms. The van der Waals surface area contributed by atoms with Gasteiger partial charge < -0.3 is 19.8 Å². The molecule has 6 rings (SSSR count). The van der Waals surface area contributed by atoms with Crippen molar-refractivity contribution >= 4 is 18.0 Å². The van der Waals surface area contributed by atoms with Crippen LogP contribution in [0.3, 0.4) is 0 Å². The first-order chi connectivity index (χ1) is 22.2. The summed E-state index contributed by atoms with van der Waals surface area (Å²) in [6.07, 6.45) is 13.3. The molecule has 6 aliphatic rings. The number of rotatable bonds is 8. The van der Waals surface area contributed by atoms with Gasteiger partial charge in [0.05, 0.1) is 18.8 Å². The average molecular weight is 686 g/mol. The summed E-state index contributed by atoms with van der Waals surface area (Å²) >= 11 is 0. The highest BCUT2D eigenvalue weighted by molar-refractivity contribution is 5.86. The average Bonchev–Trinajstić information content (AvgIpc) is 3.57. The molecular weight excluding hydrogens is 614 g/mol. The second-order valence-electron chi connectivity index (χ2n) is 17.8. The summed E-state index contributed by atoms with van der Waals surface area (Å²) in [4.78, 5) is 39.4. The molecule has 49 heavy (non-hydrogen) atoms. The number of Topliss-reactive ketones (excluding diaryl/α,β-unsaturated/α-hetero) is 2. The molecule has 14 atom stereocenters. The van der Waals surface area contributed by atoms with Crippen LogP contribution >= 0.6 is 0 Å². The van der Waals surface area contributed by atoms with Gasteiger partial charge in [-0.3, -0.25) is 14.4 Å². The summed E-state index contributed by atoms with van der Waals surface area (Å²) < 4.78 is 4.92. The summed E-state index contributed by atoms with van der Waals surface area (Å²) in [5.41, 5.74) is -0.166. The number of aliphatic hydroxyl groups excluding tert-OH is 2. The number of carbonyl (C=O) groups excluding carboxylic acids is 3. The van der Waals surface area contributed by atoms with Crippen LogP contribution in [0.1, 0.15) is 146 Å². The van der Waals surface area contributed by atoms with E-state index in [-0.39, 0.29) is 48.7 Å². The van der Waals surface area contributed by atoms with Crippen LogP contribution in [0.5, 0.6) is 0 Å². The summed E-state index contributed by atoms with van der Waals surface area (Å²) in [6, 6.07) is 0. The van der Waals surface area contributed by atoms with E-state index in [9.17, 15) is 24.6 Å². The van der Waals surface area contributed by atoms with E-state index in [2.05, 4.69) is 32.5 Å². The lowest BCUT2D eigenvalue weighted by Crippen LogP contribution is -2.53. The van der Waals surface area contributed by atoms with E-state index in [4.69, 9.17) is 11.3 Å². The fourth-order valence-corrected chi connectivity index (χ4v) is 13.5. The first-order valence-electron chi connectivity index (χ1n) is 19.0. The Balaban J connectivity index is 0.000000255. The molecule has 0 saturated heterocycles. The van der Waals surface area contributed by atoms with Crippen LogP contribution in [0.15, 0.2) is 0 Å². The summed E-state index contributed by atoms with van der Waals surface area (Å²) in [5, 5.41) is 20.5. The Labute approximate surface area is 298 Å². The topological polar surface area (TPSA) is 105 Å². The van der Waals surface area contributed by atoms with Crippen LogP contribution in [0, 0.1) is 75.6 Å². The molecule has 0 aliphatic heterocycles. The van der Waals surface area contributed by atoms with Crippen LogP contribution in [-0.4, -0.2) is 53.6 Å². The standard InChI is InChI=1S/C20H31NO2.C20H32O4.2CH4/c1-13(22)15-6-7-16-14-5-8-18(23)20(3,11-12-21-4)17(14)9-10-19(15,16)2;1-13(22)15-5-6-16-14-4-7-18(23)20(3,10-11-24-12-21)17(14)8-9-19(15,16)2;;/h13-17,22H,5-12H2,1-3H3;12-17,22H,4-11H2,1-3H3;2*1H4/t2*13-,14-,15+,16-,17+,19+,20-;;/m00../s1. The minimum atomic E-state index is -0.351. The molecule has 280 valence electrons. The van der Waals surface area contributed by atoms with Crippen molar-refractivity contribution in [1.29, 1.82) is 0 Å². The lowest BCUT2D eigenvalue weighted by Gasteiger charge is -2.56. The maximum Gasteiger partial charge on any atom is 0.293 e. The fraction of sp³-hybridized carbons (Fsp3) is 0.905. The zero-order chi connectivity index (χ0) is 34.4. The van der Waals surface area contributed by atoms with Crippen LogP contribution in [0.25, 0.3) is 4.85 Å². The third-order valence-electron chi connectivity index (χ3n) is 16.1. The van der Waals surface area contributed by atoms with Gasteiger partial charge in [-0.05, 0) is 143 Å². The number of carbonyl (C=O) groups is 3. The molecule has 0 heterocycles. The second-order valence-corrected chi connectivity index (χ2v) is 17.8. The Bertz CT molecular complexity index is 1210. The van der Waals surface area contributed by atoms with Crippen molar-refractivity contribution in [2.24, 2.45) is 69.0 Å². The van der Waals surface area contributed by atoms with Gasteiger partial charge in [-0.15, -0.1) is 0 Å². The van der Waals surface area contributed by atoms with Gasteiger partial charge in [-0.2, -0.15) is 0 Å². The molecule has 7 nitrogen and oxygen atoms in total. The molecule has 0 aromatic carbocycles. The Hall–Kier alpha value is -1.78. The van der Waals surface area contributed by atoms with Crippen molar-refractivity contribution in [3.8, 4) is 0 Å². The van der Waals surface area contributed by atoms with E-state index in [0.717, 1.165) is 57.8 Å². The zero-order valence-corrected chi connectivity index (χ0v) is 30.1. The Kier molecular flexibility index (Phi) is 13.5. The monoisotopic (exact) mass is 686 g/mol. The molecule has 6 aliphatic carbocycles. The molecule has 0 aromatic heterocycles. The van der Waals surface area contributed by atoms with E-state index in [0.29, 0.717) is 97.8 Å². The highest BCUT2D eigenvalue weighted by Crippen LogP contribution is 2.66. The molecule has 2 N–H and O–H groups in total. The van der Waals surface area contributed by atoms with Gasteiger partial charge in [-0.1, -0.05) is 42.5 Å². The van der Waals surface area contributed by atoms with Gasteiger partial charge in [0.25, 0.3) is 6.47 Å². The van der Waals surface area contributed by atoms with E-state index in [1.54, 1.807) is 0 Å². The normalized spacial score (nSPS) is 44.9. The third-order valence-corrected chi connectivity index (χ3v) is 16.1. The Morgan fingerprint density at radius 1 is 0.735 bits per heavy atom. The van der Waals surface area contributed by atoms with Gasteiger partial charge in [0.15, 0.2) is 0 Å². The molecule has 0 spiro atoms. The van der Waals surface area contributed by atoms with E-state index in [1.807, 2.05) is 13.8 Å². The van der Waals surface area contributed by atoms with Crippen molar-refractivity contribution in [2.75, 3.05) is 13.2 Å². The SMILES string of the molecule is C.C.C[C@H](O)[C@H]1CC[C@H]2[C@@H]3CCC(=O)[C@@](C)(CCOC=O)[C@@H]3CC[C@]12C.[C-]#[N+]CC[C@]1(C)C(=O)CC[C@@H]2[C@H]1CC[C@]1(C)[C@@H]([C@H](C)O)CC[C@@H]21. The Morgan fingerprint density at radius 2 is 1.16 bits per heavy atom. The van der Waals surface area contributed by atoms with Crippen molar-refractivity contribution in [1.82, 2.24) is 0 Å². The van der Waals surface area contributed by atoms with Gasteiger partial charge in [0, 0.05) is 30.1 Å². The highest BCUT2D eigenvalue weighted by atomic mass is 16.5. The van der Waals surface area contributed by atoms with Crippen molar-refractivity contribution < 1.29 is 29.3 Å². The fourth-order valence-electron chi connectivity index (χ4n) is 13.5. The van der Waals surface area contributed by atoms with Crippen molar-refractivity contribution in [2.45, 2.75) is 158 Å². The predicted molar refractivity (Wildman–Crippen MR) is 195 cm³/mol. The first-order valence-corrected chi connectivity index (χ1v) is 19.0. The Morgan fingerprint density at radius 3 is 1.55 bits per heavy atom. The van der Waals surface area contributed by atoms with Gasteiger partial charge in [-0.25, -0.2) is 6.57 Å². The molecular formula is C42H71NO6. The number of nitrogens with zero attached hydrogens (tertiary/aromatic N) is 1. The minimum Gasteiger partial charge on any atom is -0.468 e. The van der Waals surface area contributed by atoms with Crippen LogP contribution in [0.2, 0.25) is 0 Å². The van der Waals surface area contributed by atoms with Crippen molar-refractivity contribution in [3.05, 3.63) is 11.4 Å². The van der Waals surface area contributed by atoms with E-state index in [1.165, 1.54) is 12.8 Å². The number of aliphatic hydroxyl groups is 2. The predicted octanol–water partition coefficient (Wildman–Crippen LogP) is 8.73. The number of ether oxygens (including phenoxy) is 1. The summed E-state index contributed by atoms with van der Waals surface area (Å²) in [6.45, 7) is 21.3. The molecule has 6 saturated carbocycles. The van der Waals surface area contributed by atoms with E-state index < -0.39 is 0 Å². The smallest absolute Gasteiger partial charge is 0.293 e. The van der Waals surface area contributed by atoms with E-state index >= 15 is 0 Å². The molecule has 0 aromatic rings. The van der Waals surface area contributed by atoms with Gasteiger partial charge >= 0.3 is 0 Å².